The van der Waals surface area contributed by atoms with Gasteiger partial charge in [0.05, 0.1) is 6.10 Å². The maximum absolute atomic E-state index is 14.0. The molecule has 0 bridgehead atoms. The first-order valence-electron chi connectivity index (χ1n) is 8.47. The number of likely N-dealkylation sites (tertiary alicyclic amines) is 1. The first-order valence-corrected chi connectivity index (χ1v) is 8.85. The molecule has 1 amide bonds. The minimum atomic E-state index is -0.330. The number of piperidine rings is 1. The predicted molar refractivity (Wildman–Crippen MR) is 87.8 cm³/mol. The van der Waals surface area contributed by atoms with E-state index in [1.54, 1.807) is 12.1 Å². The smallest absolute Gasteiger partial charge is 0.226 e. The number of hydrogen-bond acceptors (Lipinski definition) is 2. The Kier molecular flexibility index (Phi) is 5.22. The fraction of sp³-hybridized carbons (Fsp3) is 0.611. The highest BCUT2D eigenvalue weighted by Gasteiger charge is 2.35. The quantitative estimate of drug-likeness (QED) is 0.914. The van der Waals surface area contributed by atoms with Crippen LogP contribution in [0.15, 0.2) is 18.2 Å². The Morgan fingerprint density at radius 2 is 1.96 bits per heavy atom. The zero-order valence-corrected chi connectivity index (χ0v) is 13.9. The van der Waals surface area contributed by atoms with Crippen molar-refractivity contribution >= 4 is 17.5 Å². The second kappa shape index (κ2) is 7.18. The summed E-state index contributed by atoms with van der Waals surface area (Å²) in [4.78, 5) is 14.8. The van der Waals surface area contributed by atoms with Crippen molar-refractivity contribution in [1.82, 2.24) is 4.90 Å². The van der Waals surface area contributed by atoms with Gasteiger partial charge in [0.1, 0.15) is 5.82 Å². The Morgan fingerprint density at radius 3 is 2.65 bits per heavy atom. The summed E-state index contributed by atoms with van der Waals surface area (Å²) in [7, 11) is 0. The van der Waals surface area contributed by atoms with Gasteiger partial charge in [-0.25, -0.2) is 4.39 Å². The van der Waals surface area contributed by atoms with Gasteiger partial charge in [0.2, 0.25) is 5.91 Å². The number of aliphatic hydroxyl groups is 1. The van der Waals surface area contributed by atoms with E-state index in [4.69, 9.17) is 11.6 Å². The molecule has 1 N–H and O–H groups in total. The standard InChI is InChI=1S/C18H23ClFNO2/c19-14-4-3-12(17(20)11-14)10-13-2-1-9-21(18(13)23)15-5-7-16(22)8-6-15/h3-4,11,13,15-16,22H,1-2,5-10H2/t13?,15-,16-. The molecule has 3 nitrogen and oxygen atoms in total. The van der Waals surface area contributed by atoms with Crippen molar-refractivity contribution < 1.29 is 14.3 Å². The number of amides is 1. The molecule has 1 aromatic rings. The van der Waals surface area contributed by atoms with Gasteiger partial charge in [-0.15, -0.1) is 0 Å². The molecular weight excluding hydrogens is 317 g/mol. The molecule has 5 heteroatoms. The Morgan fingerprint density at radius 1 is 1.22 bits per heavy atom. The lowest BCUT2D eigenvalue weighted by atomic mass is 9.86. The largest absolute Gasteiger partial charge is 0.393 e. The van der Waals surface area contributed by atoms with Crippen molar-refractivity contribution in [3.05, 3.63) is 34.6 Å². The molecule has 1 aromatic carbocycles. The van der Waals surface area contributed by atoms with Crippen LogP contribution in [0.1, 0.15) is 44.1 Å². The second-order valence-corrected chi connectivity index (χ2v) is 7.21. The molecule has 1 heterocycles. The number of rotatable bonds is 3. The van der Waals surface area contributed by atoms with Gasteiger partial charge in [-0.1, -0.05) is 17.7 Å². The van der Waals surface area contributed by atoms with Gasteiger partial charge in [0.15, 0.2) is 0 Å². The van der Waals surface area contributed by atoms with Crippen LogP contribution in [0, 0.1) is 11.7 Å². The molecular formula is C18H23ClFNO2. The van der Waals surface area contributed by atoms with Crippen molar-refractivity contribution in [3.8, 4) is 0 Å². The second-order valence-electron chi connectivity index (χ2n) is 6.77. The fourth-order valence-electron chi connectivity index (χ4n) is 3.85. The molecule has 1 saturated carbocycles. The van der Waals surface area contributed by atoms with Gasteiger partial charge in [-0.3, -0.25) is 4.79 Å². The summed E-state index contributed by atoms with van der Waals surface area (Å²) in [6.45, 7) is 0.791. The molecule has 1 aliphatic carbocycles. The van der Waals surface area contributed by atoms with E-state index in [0.717, 1.165) is 45.1 Å². The van der Waals surface area contributed by atoms with Crippen molar-refractivity contribution in [2.45, 2.75) is 57.1 Å². The molecule has 2 aliphatic rings. The maximum Gasteiger partial charge on any atom is 0.226 e. The summed E-state index contributed by atoms with van der Waals surface area (Å²) in [6, 6.07) is 4.91. The number of carbonyl (C=O) groups excluding carboxylic acids is 1. The summed E-state index contributed by atoms with van der Waals surface area (Å²) < 4.78 is 14.0. The number of benzene rings is 1. The number of halogens is 2. The van der Waals surface area contributed by atoms with Crippen LogP contribution in [0.25, 0.3) is 0 Å². The van der Waals surface area contributed by atoms with E-state index in [0.29, 0.717) is 17.0 Å². The van der Waals surface area contributed by atoms with Crippen LogP contribution < -0.4 is 0 Å². The minimum absolute atomic E-state index is 0.145. The van der Waals surface area contributed by atoms with Gasteiger partial charge in [-0.2, -0.15) is 0 Å². The maximum atomic E-state index is 14.0. The molecule has 0 radical (unpaired) electrons. The molecule has 0 spiro atoms. The monoisotopic (exact) mass is 339 g/mol. The van der Waals surface area contributed by atoms with Crippen LogP contribution >= 0.6 is 11.6 Å². The molecule has 0 aromatic heterocycles. The molecule has 2 fully saturated rings. The highest BCUT2D eigenvalue weighted by atomic mass is 35.5. The molecule has 1 unspecified atom stereocenters. The van der Waals surface area contributed by atoms with Gasteiger partial charge in [-0.05, 0) is 62.6 Å². The van der Waals surface area contributed by atoms with Crippen molar-refractivity contribution in [1.29, 1.82) is 0 Å². The minimum Gasteiger partial charge on any atom is -0.393 e. The number of carbonyl (C=O) groups is 1. The predicted octanol–water partition coefficient (Wildman–Crippen LogP) is 3.56. The lowest BCUT2D eigenvalue weighted by Crippen LogP contribution is -2.49. The van der Waals surface area contributed by atoms with E-state index < -0.39 is 0 Å². The van der Waals surface area contributed by atoms with E-state index in [1.165, 1.54) is 6.07 Å². The van der Waals surface area contributed by atoms with Crippen LogP contribution in [0.3, 0.4) is 0 Å². The summed E-state index contributed by atoms with van der Waals surface area (Å²) in [5.41, 5.74) is 0.564. The van der Waals surface area contributed by atoms with Crippen LogP contribution in [-0.4, -0.2) is 34.6 Å². The van der Waals surface area contributed by atoms with E-state index in [9.17, 15) is 14.3 Å². The lowest BCUT2D eigenvalue weighted by molar-refractivity contribution is -0.142. The zero-order valence-electron chi connectivity index (χ0n) is 13.2. The van der Waals surface area contributed by atoms with Gasteiger partial charge < -0.3 is 10.0 Å². The number of aliphatic hydroxyl groups excluding tert-OH is 1. The molecule has 1 atom stereocenters. The number of hydrogen-bond donors (Lipinski definition) is 1. The highest BCUT2D eigenvalue weighted by molar-refractivity contribution is 6.30. The fourth-order valence-corrected chi connectivity index (χ4v) is 4.01. The SMILES string of the molecule is O=C1C(Cc2ccc(Cl)cc2F)CCCN1[C@H]1CC[C@H](O)CC1. The lowest BCUT2D eigenvalue weighted by Gasteiger charge is -2.40. The van der Waals surface area contributed by atoms with Crippen LogP contribution in [-0.2, 0) is 11.2 Å². The summed E-state index contributed by atoms with van der Waals surface area (Å²) in [5.74, 6) is -0.332. The Labute approximate surface area is 141 Å². The van der Waals surface area contributed by atoms with E-state index in [-0.39, 0.29) is 29.8 Å². The van der Waals surface area contributed by atoms with Crippen LogP contribution in [0.4, 0.5) is 4.39 Å². The van der Waals surface area contributed by atoms with Gasteiger partial charge in [0, 0.05) is 23.5 Å². The first-order chi connectivity index (χ1) is 11.0. The highest BCUT2D eigenvalue weighted by Crippen LogP contribution is 2.30. The summed E-state index contributed by atoms with van der Waals surface area (Å²) in [6.07, 6.45) is 5.27. The summed E-state index contributed by atoms with van der Waals surface area (Å²) >= 11 is 5.79. The Bertz CT molecular complexity index is 572. The average Bonchev–Trinajstić information content (AvgIpc) is 2.53. The van der Waals surface area contributed by atoms with Crippen LogP contribution in [0.2, 0.25) is 5.02 Å². The molecule has 23 heavy (non-hydrogen) atoms. The molecule has 1 saturated heterocycles. The zero-order chi connectivity index (χ0) is 16.4. The molecule has 3 rings (SSSR count). The molecule has 1 aliphatic heterocycles. The van der Waals surface area contributed by atoms with E-state index in [2.05, 4.69) is 0 Å². The topological polar surface area (TPSA) is 40.5 Å². The number of nitrogens with zero attached hydrogens (tertiary/aromatic N) is 1. The Balaban J connectivity index is 1.67. The van der Waals surface area contributed by atoms with Gasteiger partial charge >= 0.3 is 0 Å². The summed E-state index contributed by atoms with van der Waals surface area (Å²) in [5, 5.41) is 10.0. The average molecular weight is 340 g/mol. The third kappa shape index (κ3) is 3.86. The van der Waals surface area contributed by atoms with Crippen molar-refractivity contribution in [2.75, 3.05) is 6.54 Å². The van der Waals surface area contributed by atoms with Gasteiger partial charge in [0.25, 0.3) is 0 Å². The van der Waals surface area contributed by atoms with Crippen molar-refractivity contribution in [2.24, 2.45) is 5.92 Å². The van der Waals surface area contributed by atoms with Crippen LogP contribution in [0.5, 0.6) is 0 Å². The third-order valence-corrected chi connectivity index (χ3v) is 5.41. The normalized spacial score (nSPS) is 28.9. The van der Waals surface area contributed by atoms with E-state index in [1.807, 2.05) is 4.90 Å². The molecule has 126 valence electrons. The third-order valence-electron chi connectivity index (χ3n) is 5.17. The van der Waals surface area contributed by atoms with Crippen molar-refractivity contribution in [3.63, 3.8) is 0 Å². The Hall–Kier alpha value is -1.13. The van der Waals surface area contributed by atoms with E-state index >= 15 is 0 Å². The first kappa shape index (κ1) is 16.7.